The second-order valence-electron chi connectivity index (χ2n) is 5.73. The number of aliphatic hydroxyl groups is 1. The molecule has 0 radical (unpaired) electrons. The van der Waals surface area contributed by atoms with E-state index < -0.39 is 5.82 Å². The minimum Gasteiger partial charge on any atom is -0.393 e. The second-order valence-corrected chi connectivity index (χ2v) is 5.73. The van der Waals surface area contributed by atoms with Crippen molar-refractivity contribution in [2.75, 3.05) is 23.3 Å². The van der Waals surface area contributed by atoms with Crippen molar-refractivity contribution in [2.45, 2.75) is 18.9 Å². The highest BCUT2D eigenvalue weighted by molar-refractivity contribution is 6.04. The van der Waals surface area contributed by atoms with Crippen LogP contribution in [0.1, 0.15) is 23.2 Å². The van der Waals surface area contributed by atoms with Gasteiger partial charge in [0.2, 0.25) is 0 Å². The van der Waals surface area contributed by atoms with E-state index in [1.54, 1.807) is 6.07 Å². The summed E-state index contributed by atoms with van der Waals surface area (Å²) in [5.74, 6) is -0.765. The van der Waals surface area contributed by atoms with Gasteiger partial charge in [-0.05, 0) is 55.3 Å². The Morgan fingerprint density at radius 2 is 1.83 bits per heavy atom. The lowest BCUT2D eigenvalue weighted by atomic mass is 10.1. The van der Waals surface area contributed by atoms with E-state index in [4.69, 9.17) is 0 Å². The van der Waals surface area contributed by atoms with E-state index in [1.807, 2.05) is 24.3 Å². The number of nitrogens with zero attached hydrogens (tertiary/aromatic N) is 1. The normalized spacial score (nSPS) is 15.5. The maximum atomic E-state index is 13.1. The third-order valence-corrected chi connectivity index (χ3v) is 4.04. The van der Waals surface area contributed by atoms with E-state index in [9.17, 15) is 14.3 Å². The first-order chi connectivity index (χ1) is 11.1. The number of rotatable bonds is 3. The first-order valence-electron chi connectivity index (χ1n) is 7.72. The number of amides is 1. The number of anilines is 2. The van der Waals surface area contributed by atoms with Crippen LogP contribution in [0.5, 0.6) is 0 Å². The van der Waals surface area contributed by atoms with Crippen LogP contribution in [0.15, 0.2) is 48.5 Å². The summed E-state index contributed by atoms with van der Waals surface area (Å²) < 4.78 is 13.1. The molecule has 2 aromatic rings. The van der Waals surface area contributed by atoms with Gasteiger partial charge in [-0.25, -0.2) is 4.39 Å². The Hall–Kier alpha value is -2.40. The molecule has 0 bridgehead atoms. The molecule has 1 amide bonds. The summed E-state index contributed by atoms with van der Waals surface area (Å²) >= 11 is 0. The first-order valence-corrected chi connectivity index (χ1v) is 7.72. The molecule has 0 unspecified atom stereocenters. The third kappa shape index (κ3) is 3.87. The van der Waals surface area contributed by atoms with Gasteiger partial charge in [-0.3, -0.25) is 4.79 Å². The van der Waals surface area contributed by atoms with Crippen molar-refractivity contribution >= 4 is 17.3 Å². The highest BCUT2D eigenvalue weighted by Gasteiger charge is 2.17. The Kier molecular flexibility index (Phi) is 4.57. The SMILES string of the molecule is O=C(Nc1ccc(N2CCC(O)CC2)cc1)c1cccc(F)c1. The molecule has 5 heteroatoms. The molecule has 0 saturated carbocycles. The highest BCUT2D eigenvalue weighted by atomic mass is 19.1. The number of aliphatic hydroxyl groups excluding tert-OH is 1. The van der Waals surface area contributed by atoms with Crippen molar-refractivity contribution in [1.29, 1.82) is 0 Å². The van der Waals surface area contributed by atoms with E-state index in [0.717, 1.165) is 31.6 Å². The summed E-state index contributed by atoms with van der Waals surface area (Å²) in [6.45, 7) is 1.66. The van der Waals surface area contributed by atoms with Gasteiger partial charge in [0.15, 0.2) is 0 Å². The molecule has 0 aromatic heterocycles. The van der Waals surface area contributed by atoms with Gasteiger partial charge in [0.05, 0.1) is 6.10 Å². The van der Waals surface area contributed by atoms with Gasteiger partial charge in [-0.15, -0.1) is 0 Å². The molecule has 1 saturated heterocycles. The zero-order valence-electron chi connectivity index (χ0n) is 12.7. The van der Waals surface area contributed by atoms with Gasteiger partial charge in [0, 0.05) is 30.0 Å². The van der Waals surface area contributed by atoms with Crippen LogP contribution < -0.4 is 10.2 Å². The van der Waals surface area contributed by atoms with Crippen LogP contribution in [-0.2, 0) is 0 Å². The van der Waals surface area contributed by atoms with Crippen molar-refractivity contribution in [2.24, 2.45) is 0 Å². The molecule has 23 heavy (non-hydrogen) atoms. The average molecular weight is 314 g/mol. The van der Waals surface area contributed by atoms with Crippen molar-refractivity contribution in [3.05, 3.63) is 59.9 Å². The summed E-state index contributed by atoms with van der Waals surface area (Å²) in [7, 11) is 0. The lowest BCUT2D eigenvalue weighted by Gasteiger charge is -2.31. The number of benzene rings is 2. The lowest BCUT2D eigenvalue weighted by molar-refractivity contribution is 0.102. The first kappa shape index (κ1) is 15.5. The average Bonchev–Trinajstić information content (AvgIpc) is 2.56. The van der Waals surface area contributed by atoms with E-state index in [-0.39, 0.29) is 12.0 Å². The van der Waals surface area contributed by atoms with Crippen LogP contribution in [0.2, 0.25) is 0 Å². The molecule has 2 N–H and O–H groups in total. The summed E-state index contributed by atoms with van der Waals surface area (Å²) in [6.07, 6.45) is 1.35. The second kappa shape index (κ2) is 6.79. The number of nitrogens with one attached hydrogen (secondary N) is 1. The molecule has 4 nitrogen and oxygen atoms in total. The van der Waals surface area contributed by atoms with Gasteiger partial charge in [0.25, 0.3) is 5.91 Å². The highest BCUT2D eigenvalue weighted by Crippen LogP contribution is 2.22. The number of carbonyl (C=O) groups excluding carboxylic acids is 1. The van der Waals surface area contributed by atoms with Crippen molar-refractivity contribution < 1.29 is 14.3 Å². The minimum atomic E-state index is -0.430. The predicted octanol–water partition coefficient (Wildman–Crippen LogP) is 3.04. The molecular formula is C18H19FN2O2. The topological polar surface area (TPSA) is 52.6 Å². The lowest BCUT2D eigenvalue weighted by Crippen LogP contribution is -2.35. The van der Waals surface area contributed by atoms with Gasteiger partial charge in [-0.1, -0.05) is 6.07 Å². The van der Waals surface area contributed by atoms with Crippen molar-refractivity contribution in [1.82, 2.24) is 0 Å². The molecule has 3 rings (SSSR count). The maximum absolute atomic E-state index is 13.1. The fraction of sp³-hybridized carbons (Fsp3) is 0.278. The molecule has 0 atom stereocenters. The van der Waals surface area contributed by atoms with Gasteiger partial charge < -0.3 is 15.3 Å². The Bertz CT molecular complexity index is 680. The van der Waals surface area contributed by atoms with Crippen LogP contribution in [0.4, 0.5) is 15.8 Å². The van der Waals surface area contributed by atoms with E-state index in [1.165, 1.54) is 18.2 Å². The predicted molar refractivity (Wildman–Crippen MR) is 88.2 cm³/mol. The summed E-state index contributed by atoms with van der Waals surface area (Å²) in [5, 5.41) is 12.3. The molecule has 1 heterocycles. The summed E-state index contributed by atoms with van der Waals surface area (Å²) in [4.78, 5) is 14.3. The number of carbonyl (C=O) groups is 1. The largest absolute Gasteiger partial charge is 0.393 e. The van der Waals surface area contributed by atoms with Crippen LogP contribution in [0.25, 0.3) is 0 Å². The molecule has 1 aliphatic rings. The van der Waals surface area contributed by atoms with E-state index in [0.29, 0.717) is 11.3 Å². The molecule has 0 aliphatic carbocycles. The van der Waals surface area contributed by atoms with Crippen molar-refractivity contribution in [3.63, 3.8) is 0 Å². The van der Waals surface area contributed by atoms with Crippen LogP contribution >= 0.6 is 0 Å². The van der Waals surface area contributed by atoms with Gasteiger partial charge in [0.1, 0.15) is 5.82 Å². The minimum absolute atomic E-state index is 0.198. The number of hydrogen-bond donors (Lipinski definition) is 2. The Labute approximate surface area is 134 Å². The number of hydrogen-bond acceptors (Lipinski definition) is 3. The molecular weight excluding hydrogens is 295 g/mol. The number of halogens is 1. The van der Waals surface area contributed by atoms with E-state index in [2.05, 4.69) is 10.2 Å². The quantitative estimate of drug-likeness (QED) is 0.915. The summed E-state index contributed by atoms with van der Waals surface area (Å²) in [5.41, 5.74) is 2.03. The van der Waals surface area contributed by atoms with E-state index >= 15 is 0 Å². The molecule has 2 aromatic carbocycles. The van der Waals surface area contributed by atoms with Gasteiger partial charge in [-0.2, -0.15) is 0 Å². The maximum Gasteiger partial charge on any atom is 0.255 e. The monoisotopic (exact) mass is 314 g/mol. The number of piperidine rings is 1. The fourth-order valence-corrected chi connectivity index (χ4v) is 2.71. The third-order valence-electron chi connectivity index (χ3n) is 4.04. The van der Waals surface area contributed by atoms with Gasteiger partial charge >= 0.3 is 0 Å². The molecule has 1 aliphatic heterocycles. The molecule has 0 spiro atoms. The zero-order chi connectivity index (χ0) is 16.2. The van der Waals surface area contributed by atoms with Crippen LogP contribution in [-0.4, -0.2) is 30.2 Å². The Morgan fingerprint density at radius 1 is 1.13 bits per heavy atom. The standard InChI is InChI=1S/C18H19FN2O2/c19-14-3-1-2-13(12-14)18(23)20-15-4-6-16(7-5-15)21-10-8-17(22)9-11-21/h1-7,12,17,22H,8-11H2,(H,20,23). The summed E-state index contributed by atoms with van der Waals surface area (Å²) in [6, 6.07) is 13.2. The molecule has 1 fully saturated rings. The smallest absolute Gasteiger partial charge is 0.255 e. The fourth-order valence-electron chi connectivity index (χ4n) is 2.71. The van der Waals surface area contributed by atoms with Crippen molar-refractivity contribution in [3.8, 4) is 0 Å². The zero-order valence-corrected chi connectivity index (χ0v) is 12.7. The molecule has 120 valence electrons. The van der Waals surface area contributed by atoms with Crippen LogP contribution in [0.3, 0.4) is 0 Å². The Balaban J connectivity index is 1.64. The Morgan fingerprint density at radius 3 is 2.48 bits per heavy atom. The van der Waals surface area contributed by atoms with Crippen LogP contribution in [0, 0.1) is 5.82 Å².